The Kier molecular flexibility index (Phi) is 3.75. The van der Waals surface area contributed by atoms with Crippen LogP contribution < -0.4 is 5.73 Å². The summed E-state index contributed by atoms with van der Waals surface area (Å²) in [5, 5.41) is 0. The first-order valence-corrected chi connectivity index (χ1v) is 5.77. The van der Waals surface area contributed by atoms with Crippen LogP contribution in [0.3, 0.4) is 0 Å². The smallest absolute Gasteiger partial charge is 0.0731 e. The quantitative estimate of drug-likeness (QED) is 0.868. The van der Waals surface area contributed by atoms with E-state index in [0.29, 0.717) is 0 Å². The molecule has 0 unspecified atom stereocenters. The SMILES string of the molecule is CCC[C@@H](N)c1cc(C)c(Br)s1. The maximum Gasteiger partial charge on any atom is 0.0731 e. The normalized spacial score (nSPS) is 13.3. The first kappa shape index (κ1) is 10.2. The molecule has 1 rings (SSSR count). The maximum atomic E-state index is 5.98. The van der Waals surface area contributed by atoms with Crippen molar-refractivity contribution in [2.24, 2.45) is 5.73 Å². The van der Waals surface area contributed by atoms with Crippen LogP contribution in [0.25, 0.3) is 0 Å². The summed E-state index contributed by atoms with van der Waals surface area (Å²) in [5.41, 5.74) is 7.27. The van der Waals surface area contributed by atoms with Gasteiger partial charge in [-0.25, -0.2) is 0 Å². The highest BCUT2D eigenvalue weighted by Crippen LogP contribution is 2.31. The summed E-state index contributed by atoms with van der Waals surface area (Å²) >= 11 is 5.25. The molecule has 0 saturated heterocycles. The molecule has 1 nitrogen and oxygen atoms in total. The number of nitrogens with two attached hydrogens (primary N) is 1. The zero-order chi connectivity index (χ0) is 9.14. The number of hydrogen-bond donors (Lipinski definition) is 1. The van der Waals surface area contributed by atoms with Gasteiger partial charge in [-0.05, 0) is 40.9 Å². The van der Waals surface area contributed by atoms with Crippen LogP contribution in [0.1, 0.15) is 36.2 Å². The summed E-state index contributed by atoms with van der Waals surface area (Å²) in [5.74, 6) is 0. The molecule has 0 aliphatic carbocycles. The first-order chi connectivity index (χ1) is 5.65. The van der Waals surface area contributed by atoms with Gasteiger partial charge >= 0.3 is 0 Å². The third-order valence-electron chi connectivity index (χ3n) is 1.84. The number of rotatable bonds is 3. The van der Waals surface area contributed by atoms with Crippen LogP contribution in [-0.4, -0.2) is 0 Å². The molecule has 3 heteroatoms. The van der Waals surface area contributed by atoms with Gasteiger partial charge in [0.2, 0.25) is 0 Å². The van der Waals surface area contributed by atoms with E-state index >= 15 is 0 Å². The second kappa shape index (κ2) is 4.40. The van der Waals surface area contributed by atoms with Crippen LogP contribution in [-0.2, 0) is 0 Å². The Hall–Kier alpha value is 0.140. The van der Waals surface area contributed by atoms with Crippen molar-refractivity contribution in [1.29, 1.82) is 0 Å². The Morgan fingerprint density at radius 3 is 2.75 bits per heavy atom. The molecule has 1 atom stereocenters. The van der Waals surface area contributed by atoms with Crippen molar-refractivity contribution in [3.63, 3.8) is 0 Å². The first-order valence-electron chi connectivity index (χ1n) is 4.16. The van der Waals surface area contributed by atoms with Crippen LogP contribution in [0.5, 0.6) is 0 Å². The van der Waals surface area contributed by atoms with Gasteiger partial charge in [0.15, 0.2) is 0 Å². The predicted octanol–water partition coefficient (Wildman–Crippen LogP) is 3.62. The molecule has 0 aliphatic heterocycles. The molecule has 0 radical (unpaired) electrons. The van der Waals surface area contributed by atoms with Crippen LogP contribution in [0.2, 0.25) is 0 Å². The lowest BCUT2D eigenvalue weighted by atomic mass is 10.1. The molecule has 68 valence electrons. The second-order valence-electron chi connectivity index (χ2n) is 3.00. The Bertz CT molecular complexity index is 238. The van der Waals surface area contributed by atoms with Gasteiger partial charge in [0.05, 0.1) is 3.79 Å². The highest BCUT2D eigenvalue weighted by atomic mass is 79.9. The van der Waals surface area contributed by atoms with Crippen LogP contribution in [0.4, 0.5) is 0 Å². The van der Waals surface area contributed by atoms with Gasteiger partial charge in [-0.15, -0.1) is 11.3 Å². The molecule has 0 fully saturated rings. The zero-order valence-electron chi connectivity index (χ0n) is 7.43. The molecule has 2 N–H and O–H groups in total. The summed E-state index contributed by atoms with van der Waals surface area (Å²) in [7, 11) is 0. The summed E-state index contributed by atoms with van der Waals surface area (Å²) in [6, 6.07) is 2.40. The Morgan fingerprint density at radius 2 is 2.33 bits per heavy atom. The van der Waals surface area contributed by atoms with E-state index in [-0.39, 0.29) is 6.04 Å². The average Bonchev–Trinajstić information content (AvgIpc) is 2.33. The van der Waals surface area contributed by atoms with Crippen molar-refractivity contribution in [2.45, 2.75) is 32.7 Å². The Labute approximate surface area is 86.1 Å². The van der Waals surface area contributed by atoms with E-state index in [2.05, 4.69) is 35.8 Å². The lowest BCUT2D eigenvalue weighted by Gasteiger charge is -2.05. The molecule has 0 spiro atoms. The van der Waals surface area contributed by atoms with E-state index in [1.165, 1.54) is 14.2 Å². The molecule has 0 aliphatic rings. The minimum absolute atomic E-state index is 0.227. The summed E-state index contributed by atoms with van der Waals surface area (Å²) < 4.78 is 1.21. The number of thiophene rings is 1. The van der Waals surface area contributed by atoms with Crippen molar-refractivity contribution in [2.75, 3.05) is 0 Å². The van der Waals surface area contributed by atoms with Crippen molar-refractivity contribution in [3.05, 3.63) is 20.3 Å². The molecular weight excluding hydrogens is 234 g/mol. The average molecular weight is 248 g/mol. The van der Waals surface area contributed by atoms with E-state index < -0.39 is 0 Å². The van der Waals surface area contributed by atoms with Crippen molar-refractivity contribution >= 4 is 27.3 Å². The standard InChI is InChI=1S/C9H14BrNS/c1-3-4-7(11)8-5-6(2)9(10)12-8/h5,7H,3-4,11H2,1-2H3/t7-/m1/s1. The monoisotopic (exact) mass is 247 g/mol. The molecule has 0 saturated carbocycles. The molecule has 1 heterocycles. The van der Waals surface area contributed by atoms with Crippen molar-refractivity contribution < 1.29 is 0 Å². The minimum atomic E-state index is 0.227. The lowest BCUT2D eigenvalue weighted by molar-refractivity contribution is 0.648. The zero-order valence-corrected chi connectivity index (χ0v) is 9.83. The molecule has 0 aromatic carbocycles. The summed E-state index contributed by atoms with van der Waals surface area (Å²) in [6.45, 7) is 4.26. The van der Waals surface area contributed by atoms with E-state index in [1.54, 1.807) is 11.3 Å². The van der Waals surface area contributed by atoms with Crippen LogP contribution in [0.15, 0.2) is 9.85 Å². The maximum absolute atomic E-state index is 5.98. The fourth-order valence-electron chi connectivity index (χ4n) is 1.12. The fraction of sp³-hybridized carbons (Fsp3) is 0.556. The van der Waals surface area contributed by atoms with Gasteiger partial charge in [0.1, 0.15) is 0 Å². The highest BCUT2D eigenvalue weighted by molar-refractivity contribution is 9.11. The Morgan fingerprint density at radius 1 is 1.67 bits per heavy atom. The molecule has 1 aromatic rings. The molecular formula is C9H14BrNS. The molecule has 0 bridgehead atoms. The van der Waals surface area contributed by atoms with E-state index in [1.807, 2.05) is 0 Å². The molecule has 0 amide bonds. The third-order valence-corrected chi connectivity index (χ3v) is 4.11. The minimum Gasteiger partial charge on any atom is -0.323 e. The van der Waals surface area contributed by atoms with E-state index in [9.17, 15) is 0 Å². The second-order valence-corrected chi connectivity index (χ2v) is 5.40. The van der Waals surface area contributed by atoms with Gasteiger partial charge in [-0.3, -0.25) is 0 Å². The fourth-order valence-corrected chi connectivity index (χ4v) is 2.73. The van der Waals surface area contributed by atoms with Gasteiger partial charge in [-0.1, -0.05) is 13.3 Å². The summed E-state index contributed by atoms with van der Waals surface area (Å²) in [6.07, 6.45) is 2.22. The lowest BCUT2D eigenvalue weighted by Crippen LogP contribution is -2.07. The topological polar surface area (TPSA) is 26.0 Å². The number of halogens is 1. The largest absolute Gasteiger partial charge is 0.323 e. The van der Waals surface area contributed by atoms with Crippen LogP contribution >= 0.6 is 27.3 Å². The highest BCUT2D eigenvalue weighted by Gasteiger charge is 2.09. The van der Waals surface area contributed by atoms with Gasteiger partial charge in [-0.2, -0.15) is 0 Å². The van der Waals surface area contributed by atoms with Gasteiger partial charge < -0.3 is 5.73 Å². The molecule has 12 heavy (non-hydrogen) atoms. The molecule has 1 aromatic heterocycles. The number of aryl methyl sites for hydroxylation is 1. The van der Waals surface area contributed by atoms with Gasteiger partial charge in [0.25, 0.3) is 0 Å². The number of hydrogen-bond acceptors (Lipinski definition) is 2. The van der Waals surface area contributed by atoms with E-state index in [0.717, 1.165) is 12.8 Å². The Balaban J connectivity index is 2.74. The van der Waals surface area contributed by atoms with Crippen molar-refractivity contribution in [3.8, 4) is 0 Å². The predicted molar refractivity (Wildman–Crippen MR) is 58.6 cm³/mol. The van der Waals surface area contributed by atoms with Crippen molar-refractivity contribution in [1.82, 2.24) is 0 Å². The van der Waals surface area contributed by atoms with Crippen LogP contribution in [0, 0.1) is 6.92 Å². The van der Waals surface area contributed by atoms with Gasteiger partial charge in [0, 0.05) is 10.9 Å². The van der Waals surface area contributed by atoms with E-state index in [4.69, 9.17) is 5.73 Å². The summed E-state index contributed by atoms with van der Waals surface area (Å²) in [4.78, 5) is 1.29. The third kappa shape index (κ3) is 2.31.